The number of carbonyl (C=O) groups excluding carboxylic acids is 3. The van der Waals surface area contributed by atoms with Crippen LogP contribution in [0.25, 0.3) is 0 Å². The lowest BCUT2D eigenvalue weighted by atomic mass is 10.0. The third kappa shape index (κ3) is 3.66. The highest BCUT2D eigenvalue weighted by Gasteiger charge is 2.30. The Hall–Kier alpha value is -2.46. The predicted octanol–water partition coefficient (Wildman–Crippen LogP) is -1.12. The van der Waals surface area contributed by atoms with Crippen LogP contribution in [-0.4, -0.2) is 42.0 Å². The topological polar surface area (TPSA) is 145 Å². The summed E-state index contributed by atoms with van der Waals surface area (Å²) in [4.78, 5) is 44.8. The molecule has 0 aliphatic carbocycles. The van der Waals surface area contributed by atoms with E-state index in [1.807, 2.05) is 0 Å². The first-order valence-electron chi connectivity index (χ1n) is 6.58. The molecule has 23 heavy (non-hydrogen) atoms. The number of carbonyl (C=O) groups is 4. The van der Waals surface area contributed by atoms with Gasteiger partial charge in [-0.05, 0) is 12.0 Å². The van der Waals surface area contributed by atoms with Crippen LogP contribution in [0.3, 0.4) is 0 Å². The molecule has 1 aliphatic rings. The van der Waals surface area contributed by atoms with Gasteiger partial charge in [0.1, 0.15) is 11.1 Å². The summed E-state index contributed by atoms with van der Waals surface area (Å²) in [7, 11) is 0. The van der Waals surface area contributed by atoms with Crippen molar-refractivity contribution in [1.29, 1.82) is 0 Å². The molecule has 0 radical (unpaired) electrons. The van der Waals surface area contributed by atoms with E-state index in [9.17, 15) is 24.3 Å². The molecule has 1 aromatic heterocycles. The summed E-state index contributed by atoms with van der Waals surface area (Å²) < 4.78 is 5.51. The molecular formula is C13H13N2O7S-. The highest BCUT2D eigenvalue weighted by atomic mass is 32.1. The number of nitrogens with one attached hydrogen (secondary N) is 2. The van der Waals surface area contributed by atoms with E-state index in [0.29, 0.717) is 10.4 Å². The molecule has 0 aromatic carbocycles. The molecule has 0 bridgehead atoms. The first-order valence-corrected chi connectivity index (χ1v) is 7.40. The van der Waals surface area contributed by atoms with E-state index in [2.05, 4.69) is 10.6 Å². The number of thiophene rings is 1. The summed E-state index contributed by atoms with van der Waals surface area (Å²) in [5, 5.41) is 24.5. The van der Waals surface area contributed by atoms with Crippen LogP contribution in [0.2, 0.25) is 0 Å². The fourth-order valence-electron chi connectivity index (χ4n) is 2.22. The van der Waals surface area contributed by atoms with Gasteiger partial charge in [-0.2, -0.15) is 0 Å². The number of aromatic carboxylic acids is 1. The van der Waals surface area contributed by atoms with Crippen molar-refractivity contribution in [2.75, 3.05) is 18.5 Å². The summed E-state index contributed by atoms with van der Waals surface area (Å²) in [6, 6.07) is 0. The van der Waals surface area contributed by atoms with Crippen LogP contribution in [0.15, 0.2) is 0 Å². The lowest BCUT2D eigenvalue weighted by molar-refractivity contribution is -0.255. The van der Waals surface area contributed by atoms with Gasteiger partial charge in [0.15, 0.2) is 0 Å². The van der Waals surface area contributed by atoms with Crippen LogP contribution in [0, 0.1) is 0 Å². The Kier molecular flexibility index (Phi) is 4.96. The van der Waals surface area contributed by atoms with Gasteiger partial charge in [-0.3, -0.25) is 9.59 Å². The number of hydrogen-bond donors (Lipinski definition) is 3. The lowest BCUT2D eigenvalue weighted by Gasteiger charge is -2.24. The second-order valence-electron chi connectivity index (χ2n) is 4.74. The van der Waals surface area contributed by atoms with Crippen LogP contribution in [0.1, 0.15) is 33.8 Å². The van der Waals surface area contributed by atoms with E-state index in [-0.39, 0.29) is 36.0 Å². The average Bonchev–Trinajstić information content (AvgIpc) is 2.83. The molecule has 1 atom stereocenters. The zero-order valence-corrected chi connectivity index (χ0v) is 12.8. The van der Waals surface area contributed by atoms with E-state index in [4.69, 9.17) is 9.84 Å². The Labute approximate surface area is 134 Å². The second-order valence-corrected chi connectivity index (χ2v) is 5.79. The monoisotopic (exact) mass is 341 g/mol. The van der Waals surface area contributed by atoms with Crippen molar-refractivity contribution in [2.45, 2.75) is 19.4 Å². The van der Waals surface area contributed by atoms with Crippen molar-refractivity contribution < 1.29 is 34.1 Å². The van der Waals surface area contributed by atoms with Gasteiger partial charge in [0.2, 0.25) is 5.91 Å². The number of amides is 2. The highest BCUT2D eigenvalue weighted by molar-refractivity contribution is 7.17. The van der Waals surface area contributed by atoms with Crippen molar-refractivity contribution in [3.8, 4) is 0 Å². The van der Waals surface area contributed by atoms with Crippen molar-refractivity contribution in [1.82, 2.24) is 5.32 Å². The molecule has 3 N–H and O–H groups in total. The van der Waals surface area contributed by atoms with E-state index in [1.165, 1.54) is 6.92 Å². The molecule has 0 spiro atoms. The van der Waals surface area contributed by atoms with Gasteiger partial charge in [-0.25, -0.2) is 4.79 Å². The zero-order chi connectivity index (χ0) is 17.1. The molecule has 124 valence electrons. The van der Waals surface area contributed by atoms with E-state index < -0.39 is 23.9 Å². The van der Waals surface area contributed by atoms with Crippen molar-refractivity contribution >= 4 is 40.1 Å². The van der Waals surface area contributed by atoms with Gasteiger partial charge in [0.05, 0.1) is 12.6 Å². The molecule has 0 fully saturated rings. The van der Waals surface area contributed by atoms with Crippen LogP contribution in [0.4, 0.5) is 5.00 Å². The molecule has 2 heterocycles. The highest BCUT2D eigenvalue weighted by Crippen LogP contribution is 2.40. The van der Waals surface area contributed by atoms with Gasteiger partial charge in [0, 0.05) is 23.9 Å². The lowest BCUT2D eigenvalue weighted by Crippen LogP contribution is -2.31. The first-order chi connectivity index (χ1) is 10.8. The Balaban J connectivity index is 2.38. The van der Waals surface area contributed by atoms with Crippen LogP contribution in [-0.2, 0) is 25.5 Å². The fourth-order valence-corrected chi connectivity index (χ4v) is 3.50. The summed E-state index contributed by atoms with van der Waals surface area (Å²) >= 11 is 0.903. The molecule has 1 aliphatic heterocycles. The van der Waals surface area contributed by atoms with Crippen LogP contribution < -0.4 is 15.7 Å². The third-order valence-corrected chi connectivity index (χ3v) is 4.40. The Morgan fingerprint density at radius 1 is 1.39 bits per heavy atom. The second kappa shape index (κ2) is 6.75. The Bertz CT molecular complexity index is 682. The number of aliphatic carboxylic acids is 1. The summed E-state index contributed by atoms with van der Waals surface area (Å²) in [5.74, 6) is -4.85. The molecule has 2 rings (SSSR count). The third-order valence-electron chi connectivity index (χ3n) is 3.16. The molecule has 9 nitrogen and oxygen atoms in total. The minimum atomic E-state index is -1.73. The quantitative estimate of drug-likeness (QED) is 0.588. The first kappa shape index (κ1) is 16.9. The number of carboxylic acids is 2. The Morgan fingerprint density at radius 3 is 2.65 bits per heavy atom. The van der Waals surface area contributed by atoms with Crippen LogP contribution >= 0.6 is 11.3 Å². The number of anilines is 1. The average molecular weight is 341 g/mol. The van der Waals surface area contributed by atoms with Gasteiger partial charge < -0.3 is 30.4 Å². The largest absolute Gasteiger partial charge is 0.545 e. The minimum Gasteiger partial charge on any atom is -0.545 e. The normalized spacial score (nSPS) is 16.3. The maximum atomic E-state index is 11.4. The smallest absolute Gasteiger partial charge is 0.394 e. The van der Waals surface area contributed by atoms with Crippen molar-refractivity contribution in [3.05, 3.63) is 16.0 Å². The SMILES string of the molecule is CC(=O)NCC1OCCc2c1sc(NC(=O)C(=O)O)c2C(=O)[O-]. The molecule has 0 saturated carbocycles. The van der Waals surface area contributed by atoms with Gasteiger partial charge >= 0.3 is 11.9 Å². The molecule has 1 unspecified atom stereocenters. The summed E-state index contributed by atoms with van der Waals surface area (Å²) in [6.07, 6.45) is -0.282. The standard InChI is InChI=1S/C13H14N2O7S/c1-5(16)14-4-7-9-6(2-3-22-7)8(12(18)19)11(23-9)15-10(17)13(20)21/h7H,2-4H2,1H3,(H,14,16)(H,15,17)(H,18,19)(H,20,21)/p-1. The summed E-state index contributed by atoms with van der Waals surface area (Å²) in [6.45, 7) is 1.71. The summed E-state index contributed by atoms with van der Waals surface area (Å²) in [5.41, 5.74) is 0.188. The fraction of sp³-hybridized carbons (Fsp3) is 0.385. The molecular weight excluding hydrogens is 328 g/mol. The van der Waals surface area contributed by atoms with E-state index in [1.54, 1.807) is 0 Å². The predicted molar refractivity (Wildman–Crippen MR) is 76.0 cm³/mol. The Morgan fingerprint density at radius 2 is 2.09 bits per heavy atom. The maximum absolute atomic E-state index is 11.4. The molecule has 0 saturated heterocycles. The molecule has 10 heteroatoms. The number of rotatable bonds is 4. The minimum absolute atomic E-state index is 0.110. The van der Waals surface area contributed by atoms with Crippen molar-refractivity contribution in [3.63, 3.8) is 0 Å². The van der Waals surface area contributed by atoms with Crippen molar-refractivity contribution in [2.24, 2.45) is 0 Å². The number of fused-ring (bicyclic) bond motifs is 1. The molecule has 2 amide bonds. The number of hydrogen-bond acceptors (Lipinski definition) is 7. The van der Waals surface area contributed by atoms with Gasteiger partial charge in [0.25, 0.3) is 0 Å². The van der Waals surface area contributed by atoms with Gasteiger partial charge in [-0.15, -0.1) is 11.3 Å². The van der Waals surface area contributed by atoms with Crippen LogP contribution in [0.5, 0.6) is 0 Å². The molecule has 1 aromatic rings. The zero-order valence-electron chi connectivity index (χ0n) is 12.0. The van der Waals surface area contributed by atoms with E-state index in [0.717, 1.165) is 11.3 Å². The number of carboxylic acid groups (broad SMARTS) is 2. The number of ether oxygens (including phenoxy) is 1. The maximum Gasteiger partial charge on any atom is 0.394 e. The van der Waals surface area contributed by atoms with E-state index >= 15 is 0 Å². The van der Waals surface area contributed by atoms with Gasteiger partial charge in [-0.1, -0.05) is 0 Å².